The van der Waals surface area contributed by atoms with Crippen molar-refractivity contribution >= 4 is 23.0 Å². The van der Waals surface area contributed by atoms with Crippen LogP contribution in [0.5, 0.6) is 5.75 Å². The van der Waals surface area contributed by atoms with Crippen molar-refractivity contribution in [3.63, 3.8) is 0 Å². The molecule has 1 heterocycles. The van der Waals surface area contributed by atoms with E-state index in [1.165, 1.54) is 0 Å². The maximum absolute atomic E-state index is 6.09. The normalized spacial score (nSPS) is 15.9. The van der Waals surface area contributed by atoms with Gasteiger partial charge in [-0.25, -0.2) is 0 Å². The van der Waals surface area contributed by atoms with Gasteiger partial charge in [0.2, 0.25) is 0 Å². The Balaban J connectivity index is 1.91. The molecule has 1 aliphatic heterocycles. The summed E-state index contributed by atoms with van der Waals surface area (Å²) in [7, 11) is 1.77. The lowest BCUT2D eigenvalue weighted by atomic mass is 10.0. The van der Waals surface area contributed by atoms with Crippen molar-refractivity contribution in [2.75, 3.05) is 7.05 Å². The zero-order valence-electron chi connectivity index (χ0n) is 12.2. The van der Waals surface area contributed by atoms with Crippen LogP contribution in [0.4, 0.5) is 0 Å². The van der Waals surface area contributed by atoms with E-state index in [0.717, 1.165) is 22.6 Å². The molecule has 2 aromatic carbocycles. The molecule has 112 valence electrons. The van der Waals surface area contributed by atoms with Crippen molar-refractivity contribution in [3.05, 3.63) is 71.8 Å². The molecule has 0 radical (unpaired) electrons. The van der Waals surface area contributed by atoms with E-state index >= 15 is 0 Å². The predicted octanol–water partition coefficient (Wildman–Crippen LogP) is 2.76. The summed E-state index contributed by atoms with van der Waals surface area (Å²) < 4.78 is 6.09. The molecular formula is C17H17N3OS. The predicted molar refractivity (Wildman–Crippen MR) is 92.2 cm³/mol. The highest BCUT2D eigenvalue weighted by Gasteiger charge is 2.21. The molecule has 0 amide bonds. The first-order valence-electron chi connectivity index (χ1n) is 7.04. The van der Waals surface area contributed by atoms with Crippen LogP contribution in [0.3, 0.4) is 0 Å². The fourth-order valence-corrected chi connectivity index (χ4v) is 2.36. The van der Waals surface area contributed by atoms with Gasteiger partial charge in [-0.1, -0.05) is 42.5 Å². The average Bonchev–Trinajstić information content (AvgIpc) is 2.59. The van der Waals surface area contributed by atoms with Crippen molar-refractivity contribution < 1.29 is 4.74 Å². The molecule has 2 aromatic rings. The Kier molecular flexibility index (Phi) is 4.25. The standard InChI is InChI=1S/C17H17N3OS/c1-18-17(22)20-19-14-11-16(12-7-3-2-4-8-12)21-15-10-6-5-9-13(14)15/h2-11,16,19H,1H3,(H2,18,20,22)/t16-/m1/s1. The summed E-state index contributed by atoms with van der Waals surface area (Å²) in [6.07, 6.45) is 1.91. The number of para-hydroxylation sites is 1. The van der Waals surface area contributed by atoms with E-state index in [1.54, 1.807) is 7.05 Å². The van der Waals surface area contributed by atoms with Crippen LogP contribution in [0.2, 0.25) is 0 Å². The second-order valence-electron chi connectivity index (χ2n) is 4.85. The fraction of sp³-hybridized carbons (Fsp3) is 0.118. The number of benzene rings is 2. The second kappa shape index (κ2) is 6.49. The van der Waals surface area contributed by atoms with Crippen LogP contribution in [0.15, 0.2) is 60.7 Å². The third-order valence-corrected chi connectivity index (χ3v) is 3.72. The highest BCUT2D eigenvalue weighted by atomic mass is 32.1. The molecule has 5 heteroatoms. The summed E-state index contributed by atoms with van der Waals surface area (Å²) in [6.45, 7) is 0. The largest absolute Gasteiger partial charge is 0.481 e. The number of hydrazine groups is 1. The Morgan fingerprint density at radius 1 is 1.05 bits per heavy atom. The molecule has 1 atom stereocenters. The summed E-state index contributed by atoms with van der Waals surface area (Å²) in [6, 6.07) is 18.1. The van der Waals surface area contributed by atoms with Gasteiger partial charge >= 0.3 is 0 Å². The Labute approximate surface area is 135 Å². The molecule has 0 saturated carbocycles. The summed E-state index contributed by atoms with van der Waals surface area (Å²) in [5.41, 5.74) is 9.16. The SMILES string of the molecule is CNC(=S)NNC1=C[C@H](c2ccccc2)Oc2ccccc21. The van der Waals surface area contributed by atoms with Crippen molar-refractivity contribution in [2.24, 2.45) is 0 Å². The Bertz CT molecular complexity index is 700. The van der Waals surface area contributed by atoms with Crippen molar-refractivity contribution in [1.29, 1.82) is 0 Å². The molecule has 0 fully saturated rings. The van der Waals surface area contributed by atoms with E-state index in [9.17, 15) is 0 Å². The highest BCUT2D eigenvalue weighted by molar-refractivity contribution is 7.80. The summed E-state index contributed by atoms with van der Waals surface area (Å²) in [5, 5.41) is 3.40. The van der Waals surface area contributed by atoms with E-state index < -0.39 is 0 Å². The summed E-state index contributed by atoms with van der Waals surface area (Å²) >= 11 is 5.10. The van der Waals surface area contributed by atoms with Gasteiger partial charge in [0.15, 0.2) is 5.11 Å². The number of fused-ring (bicyclic) bond motifs is 1. The molecule has 3 N–H and O–H groups in total. The number of rotatable bonds is 3. The molecule has 1 aliphatic rings. The van der Waals surface area contributed by atoms with Gasteiger partial charge in [-0.2, -0.15) is 0 Å². The lowest BCUT2D eigenvalue weighted by molar-refractivity contribution is 0.249. The van der Waals surface area contributed by atoms with Crippen molar-refractivity contribution in [3.8, 4) is 5.75 Å². The molecule has 0 aliphatic carbocycles. The van der Waals surface area contributed by atoms with Gasteiger partial charge in [0, 0.05) is 12.6 Å². The van der Waals surface area contributed by atoms with Crippen LogP contribution < -0.4 is 20.9 Å². The van der Waals surface area contributed by atoms with E-state index in [1.807, 2.05) is 48.5 Å². The van der Waals surface area contributed by atoms with Crippen LogP contribution in [-0.2, 0) is 0 Å². The lowest BCUT2D eigenvalue weighted by Gasteiger charge is -2.26. The smallest absolute Gasteiger partial charge is 0.184 e. The second-order valence-corrected chi connectivity index (χ2v) is 5.26. The Morgan fingerprint density at radius 3 is 2.55 bits per heavy atom. The number of hydrogen-bond donors (Lipinski definition) is 3. The topological polar surface area (TPSA) is 45.3 Å². The molecule has 0 aromatic heterocycles. The lowest BCUT2D eigenvalue weighted by Crippen LogP contribution is -2.42. The first-order valence-corrected chi connectivity index (χ1v) is 7.45. The van der Waals surface area contributed by atoms with Gasteiger partial charge in [-0.15, -0.1) is 0 Å². The van der Waals surface area contributed by atoms with Crippen LogP contribution in [0.25, 0.3) is 5.70 Å². The minimum atomic E-state index is -0.136. The van der Waals surface area contributed by atoms with Gasteiger partial charge in [0.05, 0.1) is 5.70 Å². The van der Waals surface area contributed by atoms with Crippen LogP contribution in [0, 0.1) is 0 Å². The third kappa shape index (κ3) is 3.04. The van der Waals surface area contributed by atoms with Gasteiger partial charge in [0.25, 0.3) is 0 Å². The maximum Gasteiger partial charge on any atom is 0.184 e. The molecule has 0 bridgehead atoms. The van der Waals surface area contributed by atoms with E-state index in [2.05, 4.69) is 28.3 Å². The molecule has 0 saturated heterocycles. The molecule has 3 rings (SSSR count). The van der Waals surface area contributed by atoms with E-state index in [-0.39, 0.29) is 6.10 Å². The Morgan fingerprint density at radius 2 is 1.77 bits per heavy atom. The minimum absolute atomic E-state index is 0.136. The molecule has 4 nitrogen and oxygen atoms in total. The number of hydrogen-bond acceptors (Lipinski definition) is 3. The first-order chi connectivity index (χ1) is 10.8. The zero-order chi connectivity index (χ0) is 15.4. The molecule has 0 spiro atoms. The van der Waals surface area contributed by atoms with Crippen LogP contribution in [0.1, 0.15) is 17.2 Å². The van der Waals surface area contributed by atoms with Crippen molar-refractivity contribution in [2.45, 2.75) is 6.10 Å². The first kappa shape index (κ1) is 14.4. The highest BCUT2D eigenvalue weighted by Crippen LogP contribution is 2.35. The quantitative estimate of drug-likeness (QED) is 0.601. The van der Waals surface area contributed by atoms with Gasteiger partial charge in [-0.3, -0.25) is 10.9 Å². The van der Waals surface area contributed by atoms with Crippen LogP contribution in [-0.4, -0.2) is 12.2 Å². The minimum Gasteiger partial charge on any atom is -0.481 e. The third-order valence-electron chi connectivity index (χ3n) is 3.42. The van der Waals surface area contributed by atoms with Gasteiger partial charge in [-0.05, 0) is 36.0 Å². The molecule has 0 unspecified atom stereocenters. The summed E-state index contributed by atoms with van der Waals surface area (Å²) in [4.78, 5) is 0. The number of ether oxygens (including phenoxy) is 1. The average molecular weight is 311 g/mol. The number of nitrogens with one attached hydrogen (secondary N) is 3. The van der Waals surface area contributed by atoms with E-state index in [0.29, 0.717) is 5.11 Å². The van der Waals surface area contributed by atoms with Gasteiger partial charge < -0.3 is 10.1 Å². The van der Waals surface area contributed by atoms with Crippen molar-refractivity contribution in [1.82, 2.24) is 16.2 Å². The number of thiocarbonyl (C=S) groups is 1. The fourth-order valence-electron chi connectivity index (χ4n) is 2.31. The summed E-state index contributed by atoms with van der Waals surface area (Å²) in [5.74, 6) is 0.846. The molecule has 22 heavy (non-hydrogen) atoms. The Hall–Kier alpha value is -2.53. The zero-order valence-corrected chi connectivity index (χ0v) is 13.0. The monoisotopic (exact) mass is 311 g/mol. The van der Waals surface area contributed by atoms with Gasteiger partial charge in [0.1, 0.15) is 11.9 Å². The molecular weight excluding hydrogens is 294 g/mol. The van der Waals surface area contributed by atoms with E-state index in [4.69, 9.17) is 17.0 Å². The van der Waals surface area contributed by atoms with Crippen LogP contribution >= 0.6 is 12.2 Å². The maximum atomic E-state index is 6.09.